The molecule has 0 aliphatic carbocycles. The summed E-state index contributed by atoms with van der Waals surface area (Å²) in [4.78, 5) is 10.9. The van der Waals surface area contributed by atoms with Crippen LogP contribution in [0.2, 0.25) is 0 Å². The highest BCUT2D eigenvalue weighted by molar-refractivity contribution is 5.33. The van der Waals surface area contributed by atoms with Crippen molar-refractivity contribution in [1.82, 2.24) is 4.57 Å². The van der Waals surface area contributed by atoms with Gasteiger partial charge in [0, 0.05) is 31.4 Å². The lowest BCUT2D eigenvalue weighted by molar-refractivity contribution is 0.00992. The zero-order chi connectivity index (χ0) is 11.5. The van der Waals surface area contributed by atoms with Crippen molar-refractivity contribution in [1.29, 1.82) is 0 Å². The maximum atomic E-state index is 12.5. The maximum absolute atomic E-state index is 12.5. The van der Waals surface area contributed by atoms with Gasteiger partial charge in [0.05, 0.1) is 5.69 Å². The molecule has 0 aliphatic heterocycles. The van der Waals surface area contributed by atoms with Gasteiger partial charge in [-0.15, -0.1) is 0 Å². The lowest BCUT2D eigenvalue weighted by Gasteiger charge is -2.11. The Kier molecular flexibility index (Phi) is 3.44. The third-order valence-corrected chi connectivity index (χ3v) is 2.04. The molecular formula is C10H14F2N2O. The average Bonchev–Trinajstić information content (AvgIpc) is 2.09. The molecule has 0 saturated carbocycles. The van der Waals surface area contributed by atoms with Crippen molar-refractivity contribution in [2.24, 2.45) is 0 Å². The van der Waals surface area contributed by atoms with Crippen LogP contribution in [0.15, 0.2) is 23.3 Å². The first-order chi connectivity index (χ1) is 6.88. The molecule has 2 N–H and O–H groups in total. The second-order valence-electron chi connectivity index (χ2n) is 3.68. The normalized spacial score (nSPS) is 11.7. The van der Waals surface area contributed by atoms with Gasteiger partial charge >= 0.3 is 0 Å². The summed E-state index contributed by atoms with van der Waals surface area (Å²) in [6, 6.07) is 1.33. The third kappa shape index (κ3) is 4.10. The number of nitrogens with zero attached hydrogens (tertiary/aromatic N) is 1. The molecule has 0 bridgehead atoms. The first-order valence-corrected chi connectivity index (χ1v) is 4.72. The summed E-state index contributed by atoms with van der Waals surface area (Å²) in [5, 5.41) is 0. The van der Waals surface area contributed by atoms with E-state index in [0.29, 0.717) is 13.0 Å². The molecule has 15 heavy (non-hydrogen) atoms. The third-order valence-electron chi connectivity index (χ3n) is 2.04. The van der Waals surface area contributed by atoms with Crippen molar-refractivity contribution in [3.8, 4) is 0 Å². The van der Waals surface area contributed by atoms with Crippen LogP contribution in [0.5, 0.6) is 0 Å². The Morgan fingerprint density at radius 1 is 1.53 bits per heavy atom. The minimum Gasteiger partial charge on any atom is -0.394 e. The summed E-state index contributed by atoms with van der Waals surface area (Å²) in [7, 11) is 0. The fourth-order valence-electron chi connectivity index (χ4n) is 1.26. The van der Waals surface area contributed by atoms with E-state index in [2.05, 4.69) is 0 Å². The number of hydrogen-bond acceptors (Lipinski definition) is 2. The van der Waals surface area contributed by atoms with Gasteiger partial charge in [-0.25, -0.2) is 8.78 Å². The predicted molar refractivity (Wildman–Crippen MR) is 55.0 cm³/mol. The van der Waals surface area contributed by atoms with Gasteiger partial charge in [0.1, 0.15) is 0 Å². The molecule has 84 valence electrons. The van der Waals surface area contributed by atoms with Crippen molar-refractivity contribution in [2.75, 3.05) is 5.73 Å². The van der Waals surface area contributed by atoms with Crippen molar-refractivity contribution < 1.29 is 8.78 Å². The number of nitrogen functional groups attached to an aromatic ring is 1. The van der Waals surface area contributed by atoms with E-state index >= 15 is 0 Å². The van der Waals surface area contributed by atoms with Gasteiger partial charge in [0.15, 0.2) is 0 Å². The van der Waals surface area contributed by atoms with Crippen LogP contribution in [0.4, 0.5) is 14.5 Å². The highest BCUT2D eigenvalue weighted by atomic mass is 19.3. The molecule has 1 heterocycles. The van der Waals surface area contributed by atoms with Gasteiger partial charge < -0.3 is 10.3 Å². The Morgan fingerprint density at radius 3 is 2.73 bits per heavy atom. The molecule has 5 heteroatoms. The van der Waals surface area contributed by atoms with Crippen molar-refractivity contribution in [2.45, 2.75) is 32.2 Å². The molecule has 0 amide bonds. The molecule has 0 unspecified atom stereocenters. The number of pyridine rings is 1. The second kappa shape index (κ2) is 4.42. The van der Waals surface area contributed by atoms with Gasteiger partial charge in [-0.3, -0.25) is 4.79 Å². The van der Waals surface area contributed by atoms with Crippen LogP contribution in [0.3, 0.4) is 0 Å². The maximum Gasteiger partial charge on any atom is 0.245 e. The first-order valence-electron chi connectivity index (χ1n) is 4.72. The highest BCUT2D eigenvalue weighted by Crippen LogP contribution is 2.18. The first kappa shape index (κ1) is 11.7. The van der Waals surface area contributed by atoms with E-state index in [1.54, 1.807) is 10.8 Å². The lowest BCUT2D eigenvalue weighted by atomic mass is 10.2. The number of nitrogens with two attached hydrogens (primary N) is 1. The smallest absolute Gasteiger partial charge is 0.245 e. The molecule has 0 aromatic carbocycles. The van der Waals surface area contributed by atoms with Crippen LogP contribution in [-0.2, 0) is 6.54 Å². The van der Waals surface area contributed by atoms with Crippen LogP contribution in [0, 0.1) is 0 Å². The van der Waals surface area contributed by atoms with E-state index in [1.807, 2.05) is 0 Å². The Morgan fingerprint density at radius 2 is 2.20 bits per heavy atom. The van der Waals surface area contributed by atoms with E-state index in [-0.39, 0.29) is 17.5 Å². The zero-order valence-corrected chi connectivity index (χ0v) is 8.54. The SMILES string of the molecule is CC(F)(F)CCCn1ccc(=O)c(N)c1. The second-order valence-corrected chi connectivity index (χ2v) is 3.68. The topological polar surface area (TPSA) is 48.0 Å². The lowest BCUT2D eigenvalue weighted by Crippen LogP contribution is -2.13. The highest BCUT2D eigenvalue weighted by Gasteiger charge is 2.19. The standard InChI is InChI=1S/C10H14F2N2O/c1-10(11,12)4-2-5-14-6-3-9(15)8(13)7-14/h3,6-7H,2,4-5,13H2,1H3. The van der Waals surface area contributed by atoms with Crippen molar-refractivity contribution in [3.05, 3.63) is 28.7 Å². The minimum absolute atomic E-state index is 0.140. The summed E-state index contributed by atoms with van der Waals surface area (Å²) in [6.07, 6.45) is 3.20. The van der Waals surface area contributed by atoms with Gasteiger partial charge in [0.25, 0.3) is 0 Å². The number of alkyl halides is 2. The van der Waals surface area contributed by atoms with E-state index in [1.165, 1.54) is 12.3 Å². The quantitative estimate of drug-likeness (QED) is 0.835. The van der Waals surface area contributed by atoms with E-state index < -0.39 is 5.92 Å². The number of aromatic nitrogens is 1. The van der Waals surface area contributed by atoms with Crippen LogP contribution in [-0.4, -0.2) is 10.5 Å². The average molecular weight is 216 g/mol. The Labute approximate surface area is 86.5 Å². The molecule has 0 fully saturated rings. The van der Waals surface area contributed by atoms with E-state index in [4.69, 9.17) is 5.73 Å². The van der Waals surface area contributed by atoms with Gasteiger partial charge in [-0.1, -0.05) is 0 Å². The summed E-state index contributed by atoms with van der Waals surface area (Å²) >= 11 is 0. The van der Waals surface area contributed by atoms with Gasteiger partial charge in [0.2, 0.25) is 11.4 Å². The Hall–Kier alpha value is -1.39. The minimum atomic E-state index is -2.63. The fraction of sp³-hybridized carbons (Fsp3) is 0.500. The summed E-state index contributed by atoms with van der Waals surface area (Å²) in [5.41, 5.74) is 5.29. The molecule has 0 saturated heterocycles. The molecule has 1 aromatic heterocycles. The molecular weight excluding hydrogens is 202 g/mol. The number of halogens is 2. The van der Waals surface area contributed by atoms with Crippen molar-refractivity contribution in [3.63, 3.8) is 0 Å². The van der Waals surface area contributed by atoms with Crippen molar-refractivity contribution >= 4 is 5.69 Å². The number of hydrogen-bond donors (Lipinski definition) is 1. The molecule has 0 radical (unpaired) electrons. The van der Waals surface area contributed by atoms with Gasteiger partial charge in [-0.2, -0.15) is 0 Å². The van der Waals surface area contributed by atoms with E-state index in [9.17, 15) is 13.6 Å². The Balaban J connectivity index is 2.52. The monoisotopic (exact) mass is 216 g/mol. The number of aryl methyl sites for hydroxylation is 1. The molecule has 1 aromatic rings. The van der Waals surface area contributed by atoms with Gasteiger partial charge in [-0.05, 0) is 13.3 Å². The van der Waals surface area contributed by atoms with E-state index in [0.717, 1.165) is 6.92 Å². The van der Waals surface area contributed by atoms with Crippen LogP contribution >= 0.6 is 0 Å². The summed E-state index contributed by atoms with van der Waals surface area (Å²) < 4.78 is 26.6. The number of rotatable bonds is 4. The Bertz CT molecular complexity index is 382. The molecule has 1 rings (SSSR count). The van der Waals surface area contributed by atoms with Crippen LogP contribution in [0.1, 0.15) is 19.8 Å². The van der Waals surface area contributed by atoms with Crippen LogP contribution in [0.25, 0.3) is 0 Å². The largest absolute Gasteiger partial charge is 0.394 e. The number of anilines is 1. The molecule has 0 aliphatic rings. The molecule has 0 spiro atoms. The predicted octanol–water partition coefficient (Wildman–Crippen LogP) is 1.87. The summed E-state index contributed by atoms with van der Waals surface area (Å²) in [6.45, 7) is 1.33. The molecule has 0 atom stereocenters. The van der Waals surface area contributed by atoms with Crippen LogP contribution < -0.4 is 11.2 Å². The fourth-order valence-corrected chi connectivity index (χ4v) is 1.26. The molecule has 3 nitrogen and oxygen atoms in total. The zero-order valence-electron chi connectivity index (χ0n) is 8.54. The summed E-state index contributed by atoms with van der Waals surface area (Å²) in [5.74, 6) is -2.63.